The molecular weight excluding hydrogens is 260 g/mol. The van der Waals surface area contributed by atoms with Crippen LogP contribution in [0.15, 0.2) is 16.8 Å². The molecule has 1 fully saturated rings. The number of hydrogen-bond donors (Lipinski definition) is 3. The van der Waals surface area contributed by atoms with Gasteiger partial charge in [0.1, 0.15) is 0 Å². The molecule has 0 aromatic carbocycles. The maximum absolute atomic E-state index is 12.3. The van der Waals surface area contributed by atoms with E-state index < -0.39 is 11.6 Å². The molecule has 5 heteroatoms. The number of carbonyl (C=O) groups is 1. The van der Waals surface area contributed by atoms with Gasteiger partial charge in [-0.3, -0.25) is 4.79 Å². The number of aliphatic hydroxyl groups is 1. The summed E-state index contributed by atoms with van der Waals surface area (Å²) >= 11 is 1.55. The lowest BCUT2D eigenvalue weighted by molar-refractivity contribution is -0.127. The Morgan fingerprint density at radius 3 is 3.11 bits per heavy atom. The summed E-state index contributed by atoms with van der Waals surface area (Å²) in [5, 5.41) is 20.1. The number of amides is 1. The molecule has 4 nitrogen and oxygen atoms in total. The zero-order chi connectivity index (χ0) is 13.7. The fourth-order valence-corrected chi connectivity index (χ4v) is 3.40. The molecule has 1 saturated heterocycles. The minimum atomic E-state index is -0.615. The van der Waals surface area contributed by atoms with Crippen LogP contribution in [-0.2, 0) is 4.79 Å². The summed E-state index contributed by atoms with van der Waals surface area (Å²) < 4.78 is 0. The van der Waals surface area contributed by atoms with E-state index in [2.05, 4.69) is 17.6 Å². The molecule has 1 aromatic heterocycles. The molecule has 1 aliphatic heterocycles. The maximum atomic E-state index is 12.3. The number of rotatable bonds is 6. The summed E-state index contributed by atoms with van der Waals surface area (Å²) in [4.78, 5) is 12.3. The fourth-order valence-electron chi connectivity index (χ4n) is 2.69. The summed E-state index contributed by atoms with van der Waals surface area (Å²) in [7, 11) is 0. The molecule has 0 spiro atoms. The molecule has 19 heavy (non-hydrogen) atoms. The Morgan fingerprint density at radius 1 is 1.68 bits per heavy atom. The smallest absolute Gasteiger partial charge is 0.240 e. The van der Waals surface area contributed by atoms with E-state index in [0.717, 1.165) is 37.8 Å². The predicted octanol–water partition coefficient (Wildman–Crippen LogP) is 1.82. The van der Waals surface area contributed by atoms with Crippen LogP contribution in [0.4, 0.5) is 0 Å². The van der Waals surface area contributed by atoms with Crippen LogP contribution in [0.3, 0.4) is 0 Å². The van der Waals surface area contributed by atoms with Gasteiger partial charge in [-0.2, -0.15) is 11.3 Å². The topological polar surface area (TPSA) is 61.4 Å². The zero-order valence-corrected chi connectivity index (χ0v) is 12.1. The molecule has 2 rings (SSSR count). The van der Waals surface area contributed by atoms with Gasteiger partial charge in [0, 0.05) is 6.54 Å². The first kappa shape index (κ1) is 14.5. The van der Waals surface area contributed by atoms with E-state index in [1.54, 1.807) is 11.3 Å². The average Bonchev–Trinajstić information content (AvgIpc) is 3.07. The third-order valence-electron chi connectivity index (χ3n) is 3.74. The Hall–Kier alpha value is -0.910. The first-order valence-electron chi connectivity index (χ1n) is 6.91. The zero-order valence-electron chi connectivity index (χ0n) is 11.3. The maximum Gasteiger partial charge on any atom is 0.240 e. The quantitative estimate of drug-likeness (QED) is 0.746. The fraction of sp³-hybridized carbons (Fsp3) is 0.643. The molecule has 0 saturated carbocycles. The molecule has 1 aliphatic rings. The minimum Gasteiger partial charge on any atom is -0.387 e. The van der Waals surface area contributed by atoms with Crippen molar-refractivity contribution in [3.8, 4) is 0 Å². The van der Waals surface area contributed by atoms with Gasteiger partial charge in [0.2, 0.25) is 5.91 Å². The van der Waals surface area contributed by atoms with Crippen LogP contribution in [0, 0.1) is 0 Å². The van der Waals surface area contributed by atoms with Crippen molar-refractivity contribution in [3.05, 3.63) is 22.4 Å². The first-order chi connectivity index (χ1) is 9.18. The van der Waals surface area contributed by atoms with E-state index in [1.165, 1.54) is 0 Å². The SMILES string of the molecule is CCCC1(C(=O)NCC(O)c2ccsc2)CCCN1. The van der Waals surface area contributed by atoms with Crippen LogP contribution in [0.5, 0.6) is 0 Å². The first-order valence-corrected chi connectivity index (χ1v) is 7.86. The van der Waals surface area contributed by atoms with Crippen LogP contribution in [0.1, 0.15) is 44.3 Å². The lowest BCUT2D eigenvalue weighted by Gasteiger charge is -2.28. The lowest BCUT2D eigenvalue weighted by Crippen LogP contribution is -2.54. The van der Waals surface area contributed by atoms with E-state index >= 15 is 0 Å². The second kappa shape index (κ2) is 6.50. The van der Waals surface area contributed by atoms with Crippen molar-refractivity contribution in [1.82, 2.24) is 10.6 Å². The van der Waals surface area contributed by atoms with Gasteiger partial charge in [0.15, 0.2) is 0 Å². The van der Waals surface area contributed by atoms with Gasteiger partial charge >= 0.3 is 0 Å². The average molecular weight is 282 g/mol. The second-order valence-corrected chi connectivity index (χ2v) is 5.92. The van der Waals surface area contributed by atoms with Crippen molar-refractivity contribution in [1.29, 1.82) is 0 Å². The van der Waals surface area contributed by atoms with Crippen molar-refractivity contribution in [2.24, 2.45) is 0 Å². The van der Waals surface area contributed by atoms with Gasteiger partial charge in [-0.05, 0) is 48.2 Å². The highest BCUT2D eigenvalue weighted by Crippen LogP contribution is 2.25. The van der Waals surface area contributed by atoms with Gasteiger partial charge in [-0.25, -0.2) is 0 Å². The second-order valence-electron chi connectivity index (χ2n) is 5.14. The number of hydrogen-bond acceptors (Lipinski definition) is 4. The highest BCUT2D eigenvalue weighted by Gasteiger charge is 2.39. The number of thiophene rings is 1. The molecule has 1 amide bonds. The third kappa shape index (κ3) is 3.35. The molecule has 2 atom stereocenters. The van der Waals surface area contributed by atoms with E-state index in [9.17, 15) is 9.90 Å². The summed E-state index contributed by atoms with van der Waals surface area (Å²) in [5.41, 5.74) is 0.456. The molecule has 1 aromatic rings. The van der Waals surface area contributed by atoms with Crippen LogP contribution in [0.2, 0.25) is 0 Å². The van der Waals surface area contributed by atoms with Gasteiger partial charge in [-0.15, -0.1) is 0 Å². The van der Waals surface area contributed by atoms with Crippen molar-refractivity contribution in [2.45, 2.75) is 44.2 Å². The van der Waals surface area contributed by atoms with Crippen LogP contribution >= 0.6 is 11.3 Å². The number of aliphatic hydroxyl groups excluding tert-OH is 1. The van der Waals surface area contributed by atoms with Crippen LogP contribution in [-0.4, -0.2) is 29.6 Å². The summed E-state index contributed by atoms with van der Waals surface area (Å²) in [5.74, 6) is 0.0288. The Morgan fingerprint density at radius 2 is 2.53 bits per heavy atom. The van der Waals surface area contributed by atoms with Gasteiger partial charge in [-0.1, -0.05) is 13.3 Å². The normalized spacial score (nSPS) is 24.3. The Bertz CT molecular complexity index is 400. The molecule has 0 aliphatic carbocycles. The summed E-state index contributed by atoms with van der Waals surface area (Å²) in [6, 6.07) is 1.89. The molecule has 0 bridgehead atoms. The van der Waals surface area contributed by atoms with Crippen LogP contribution in [0.25, 0.3) is 0 Å². The van der Waals surface area contributed by atoms with E-state index in [0.29, 0.717) is 0 Å². The predicted molar refractivity (Wildman–Crippen MR) is 77.2 cm³/mol. The molecule has 0 radical (unpaired) electrons. The molecule has 2 heterocycles. The molecule has 3 N–H and O–H groups in total. The third-order valence-corrected chi connectivity index (χ3v) is 4.44. The van der Waals surface area contributed by atoms with Crippen LogP contribution < -0.4 is 10.6 Å². The highest BCUT2D eigenvalue weighted by atomic mass is 32.1. The van der Waals surface area contributed by atoms with Crippen molar-refractivity contribution >= 4 is 17.2 Å². The van der Waals surface area contributed by atoms with Gasteiger partial charge < -0.3 is 15.7 Å². The Labute approximate surface area is 118 Å². The number of nitrogens with one attached hydrogen (secondary N) is 2. The lowest BCUT2D eigenvalue weighted by atomic mass is 9.91. The monoisotopic (exact) mass is 282 g/mol. The summed E-state index contributed by atoms with van der Waals surface area (Å²) in [6.45, 7) is 3.28. The molecular formula is C14H22N2O2S. The van der Waals surface area contributed by atoms with Gasteiger partial charge in [0.05, 0.1) is 11.6 Å². The molecule has 2 unspecified atom stereocenters. The highest BCUT2D eigenvalue weighted by molar-refractivity contribution is 7.07. The van der Waals surface area contributed by atoms with E-state index in [-0.39, 0.29) is 12.5 Å². The molecule has 106 valence electrons. The van der Waals surface area contributed by atoms with Crippen molar-refractivity contribution in [3.63, 3.8) is 0 Å². The van der Waals surface area contributed by atoms with Crippen molar-refractivity contribution < 1.29 is 9.90 Å². The minimum absolute atomic E-state index is 0.0288. The standard InChI is InChI=1S/C14H22N2O2S/c1-2-5-14(6-3-7-16-14)13(18)15-9-12(17)11-4-8-19-10-11/h4,8,10,12,16-17H,2-3,5-7,9H2,1H3,(H,15,18). The summed E-state index contributed by atoms with van der Waals surface area (Å²) in [6.07, 6.45) is 3.15. The largest absolute Gasteiger partial charge is 0.387 e. The Kier molecular flexibility index (Phi) is 4.96. The van der Waals surface area contributed by atoms with E-state index in [1.807, 2.05) is 16.8 Å². The number of carbonyl (C=O) groups excluding carboxylic acids is 1. The van der Waals surface area contributed by atoms with Gasteiger partial charge in [0.25, 0.3) is 0 Å². The van der Waals surface area contributed by atoms with E-state index in [4.69, 9.17) is 0 Å². The Balaban J connectivity index is 1.89. The van der Waals surface area contributed by atoms with Crippen molar-refractivity contribution in [2.75, 3.05) is 13.1 Å².